The van der Waals surface area contributed by atoms with Crippen LogP contribution in [-0.4, -0.2) is 44.6 Å². The Balaban J connectivity index is 1.53. The van der Waals surface area contributed by atoms with E-state index in [1.807, 2.05) is 30.5 Å². The van der Waals surface area contributed by atoms with Gasteiger partial charge in [-0.25, -0.2) is 0 Å². The molecule has 1 unspecified atom stereocenters. The van der Waals surface area contributed by atoms with Gasteiger partial charge in [-0.2, -0.15) is 5.10 Å². The van der Waals surface area contributed by atoms with Crippen LogP contribution in [0.15, 0.2) is 48.8 Å². The van der Waals surface area contributed by atoms with E-state index in [9.17, 15) is 14.7 Å². The quantitative estimate of drug-likeness (QED) is 0.595. The van der Waals surface area contributed by atoms with E-state index in [1.165, 1.54) is 18.3 Å². The van der Waals surface area contributed by atoms with Crippen molar-refractivity contribution in [1.82, 2.24) is 14.7 Å². The number of benzene rings is 1. The van der Waals surface area contributed by atoms with Crippen molar-refractivity contribution < 1.29 is 19.4 Å². The van der Waals surface area contributed by atoms with Crippen molar-refractivity contribution in [2.24, 2.45) is 0 Å². The van der Waals surface area contributed by atoms with Gasteiger partial charge in [-0.05, 0) is 56.2 Å². The fraction of sp³-hybridized carbons (Fsp3) is 0.348. The summed E-state index contributed by atoms with van der Waals surface area (Å²) in [5, 5.41) is 15.3. The molecule has 1 aromatic carbocycles. The van der Waals surface area contributed by atoms with Crippen LogP contribution in [0.5, 0.6) is 5.75 Å². The van der Waals surface area contributed by atoms with E-state index in [2.05, 4.69) is 5.10 Å². The number of ether oxygens (including phenoxy) is 1. The molecule has 1 atom stereocenters. The highest BCUT2D eigenvalue weighted by atomic mass is 32.1. The van der Waals surface area contributed by atoms with Gasteiger partial charge in [0.2, 0.25) is 0 Å². The molecule has 8 heteroatoms. The van der Waals surface area contributed by atoms with Crippen LogP contribution in [0.3, 0.4) is 0 Å². The number of carbonyl (C=O) groups excluding carboxylic acids is 2. The molecule has 0 radical (unpaired) electrons. The second kappa shape index (κ2) is 8.64. The Morgan fingerprint density at radius 3 is 2.77 bits per heavy atom. The van der Waals surface area contributed by atoms with Gasteiger partial charge < -0.3 is 14.7 Å². The summed E-state index contributed by atoms with van der Waals surface area (Å²) >= 11 is 1.21. The monoisotopic (exact) mass is 439 g/mol. The fourth-order valence-electron chi connectivity index (χ4n) is 3.61. The zero-order valence-electron chi connectivity index (χ0n) is 17.6. The number of aliphatic hydroxyl groups is 1. The maximum Gasteiger partial charge on any atom is 0.264 e. The van der Waals surface area contributed by atoms with E-state index < -0.39 is 5.60 Å². The first-order chi connectivity index (χ1) is 14.8. The molecule has 0 aliphatic carbocycles. The topological polar surface area (TPSA) is 84.7 Å². The minimum atomic E-state index is -1.05. The lowest BCUT2D eigenvalue weighted by atomic mass is 9.91. The second-order valence-electron chi connectivity index (χ2n) is 7.91. The van der Waals surface area contributed by atoms with E-state index in [1.54, 1.807) is 34.8 Å². The van der Waals surface area contributed by atoms with E-state index in [0.29, 0.717) is 42.4 Å². The van der Waals surface area contributed by atoms with Crippen molar-refractivity contribution in [3.8, 4) is 5.75 Å². The Morgan fingerprint density at radius 1 is 1.26 bits per heavy atom. The highest BCUT2D eigenvalue weighted by Crippen LogP contribution is 2.32. The molecule has 0 bridgehead atoms. The van der Waals surface area contributed by atoms with E-state index in [0.717, 1.165) is 16.9 Å². The van der Waals surface area contributed by atoms with Crippen LogP contribution in [0.4, 0.5) is 0 Å². The zero-order valence-corrected chi connectivity index (χ0v) is 18.4. The number of Topliss-reactive ketones (excluding diaryl/α,β-unsaturated/α-hetero) is 1. The van der Waals surface area contributed by atoms with Crippen LogP contribution in [-0.2, 0) is 18.7 Å². The molecule has 3 heterocycles. The number of amides is 1. The van der Waals surface area contributed by atoms with Gasteiger partial charge in [-0.15, -0.1) is 11.3 Å². The number of ketones is 1. The lowest BCUT2D eigenvalue weighted by Crippen LogP contribution is -2.32. The molecule has 0 fully saturated rings. The Morgan fingerprint density at radius 2 is 2.06 bits per heavy atom. The summed E-state index contributed by atoms with van der Waals surface area (Å²) in [6.45, 7) is 5.09. The van der Waals surface area contributed by atoms with Gasteiger partial charge in [0, 0.05) is 31.0 Å². The van der Waals surface area contributed by atoms with Gasteiger partial charge in [0.05, 0.1) is 21.9 Å². The Bertz CT molecular complexity index is 1090. The van der Waals surface area contributed by atoms with Crippen molar-refractivity contribution in [2.75, 3.05) is 13.2 Å². The van der Waals surface area contributed by atoms with Crippen molar-refractivity contribution >= 4 is 23.0 Å². The van der Waals surface area contributed by atoms with E-state index in [4.69, 9.17) is 4.74 Å². The SMILES string of the molecule is CC(=O)c1ccc(C(=O)N2CCOc3ccc(C(C)(O)CCn4cccn4)cc3C2)s1. The van der Waals surface area contributed by atoms with Gasteiger partial charge in [-0.1, -0.05) is 6.07 Å². The first kappa shape index (κ1) is 21.3. The van der Waals surface area contributed by atoms with Crippen molar-refractivity contribution in [1.29, 1.82) is 0 Å². The number of thiophene rings is 1. The summed E-state index contributed by atoms with van der Waals surface area (Å²) in [6, 6.07) is 10.9. The molecule has 1 aliphatic rings. The molecule has 1 N–H and O–H groups in total. The molecular weight excluding hydrogens is 414 g/mol. The van der Waals surface area contributed by atoms with Crippen LogP contribution >= 0.6 is 11.3 Å². The van der Waals surface area contributed by atoms with Crippen molar-refractivity contribution in [3.63, 3.8) is 0 Å². The molecule has 4 rings (SSSR count). The summed E-state index contributed by atoms with van der Waals surface area (Å²) in [4.78, 5) is 27.4. The summed E-state index contributed by atoms with van der Waals surface area (Å²) in [7, 11) is 0. The van der Waals surface area contributed by atoms with Crippen LogP contribution in [0.25, 0.3) is 0 Å². The summed E-state index contributed by atoms with van der Waals surface area (Å²) in [5.74, 6) is 0.554. The van der Waals surface area contributed by atoms with Gasteiger partial charge >= 0.3 is 0 Å². The normalized spacial score (nSPS) is 15.5. The lowest BCUT2D eigenvalue weighted by molar-refractivity contribution is 0.0419. The minimum Gasteiger partial charge on any atom is -0.491 e. The third kappa shape index (κ3) is 4.70. The largest absolute Gasteiger partial charge is 0.491 e. The minimum absolute atomic E-state index is 0.0458. The van der Waals surface area contributed by atoms with Crippen molar-refractivity contribution in [3.05, 3.63) is 69.7 Å². The Hall–Kier alpha value is -2.97. The average Bonchev–Trinajstić information content (AvgIpc) is 3.40. The van der Waals surface area contributed by atoms with Crippen LogP contribution < -0.4 is 4.74 Å². The number of fused-ring (bicyclic) bond motifs is 1. The number of nitrogens with zero attached hydrogens (tertiary/aromatic N) is 3. The van der Waals surface area contributed by atoms with Gasteiger partial charge in [0.15, 0.2) is 5.78 Å². The molecule has 1 amide bonds. The Labute approximate surface area is 184 Å². The lowest BCUT2D eigenvalue weighted by Gasteiger charge is -2.25. The number of aryl methyl sites for hydroxylation is 1. The molecule has 7 nitrogen and oxygen atoms in total. The standard InChI is InChI=1S/C23H25N3O4S/c1-16(27)20-6-7-21(31-20)22(28)25-12-13-30-19-5-4-18(14-17(19)15-25)23(2,29)8-11-26-10-3-9-24-26/h3-7,9-10,14,29H,8,11-13,15H2,1-2H3. The predicted octanol–water partition coefficient (Wildman–Crippen LogP) is 3.48. The van der Waals surface area contributed by atoms with Gasteiger partial charge in [0.25, 0.3) is 5.91 Å². The Kier molecular flexibility index (Phi) is 5.93. The third-order valence-electron chi connectivity index (χ3n) is 5.50. The molecule has 0 saturated carbocycles. The number of rotatable bonds is 6. The summed E-state index contributed by atoms with van der Waals surface area (Å²) in [5.41, 5.74) is 0.573. The van der Waals surface area contributed by atoms with E-state index >= 15 is 0 Å². The molecule has 0 saturated heterocycles. The molecule has 1 aliphatic heterocycles. The third-order valence-corrected chi connectivity index (χ3v) is 6.67. The van der Waals surface area contributed by atoms with Gasteiger partial charge in [0.1, 0.15) is 12.4 Å². The van der Waals surface area contributed by atoms with E-state index in [-0.39, 0.29) is 11.7 Å². The molecule has 0 spiro atoms. The number of aromatic nitrogens is 2. The fourth-order valence-corrected chi connectivity index (χ4v) is 4.48. The summed E-state index contributed by atoms with van der Waals surface area (Å²) in [6.07, 6.45) is 4.08. The first-order valence-corrected chi connectivity index (χ1v) is 11.0. The molecule has 3 aromatic rings. The smallest absolute Gasteiger partial charge is 0.264 e. The molecule has 2 aromatic heterocycles. The molecular formula is C23H25N3O4S. The highest BCUT2D eigenvalue weighted by molar-refractivity contribution is 7.15. The molecule has 162 valence electrons. The first-order valence-electron chi connectivity index (χ1n) is 10.2. The number of hydrogen-bond donors (Lipinski definition) is 1. The summed E-state index contributed by atoms with van der Waals surface area (Å²) < 4.78 is 7.64. The predicted molar refractivity (Wildman–Crippen MR) is 117 cm³/mol. The van der Waals surface area contributed by atoms with Crippen LogP contribution in [0, 0.1) is 0 Å². The number of carbonyl (C=O) groups is 2. The second-order valence-corrected chi connectivity index (χ2v) is 8.99. The number of hydrogen-bond acceptors (Lipinski definition) is 6. The van der Waals surface area contributed by atoms with Crippen LogP contribution in [0.1, 0.15) is 50.7 Å². The van der Waals surface area contributed by atoms with Crippen LogP contribution in [0.2, 0.25) is 0 Å². The maximum atomic E-state index is 13.0. The highest BCUT2D eigenvalue weighted by Gasteiger charge is 2.27. The molecule has 31 heavy (non-hydrogen) atoms. The zero-order chi connectivity index (χ0) is 22.0. The maximum absolute atomic E-state index is 13.0. The average molecular weight is 440 g/mol. The van der Waals surface area contributed by atoms with Gasteiger partial charge in [-0.3, -0.25) is 14.3 Å². The van der Waals surface area contributed by atoms with Crippen molar-refractivity contribution in [2.45, 2.75) is 39.0 Å².